The number of sulfonamides is 1. The molecular weight excluding hydrogens is 436 g/mol. The van der Waals surface area contributed by atoms with Crippen LogP contribution in [0.2, 0.25) is 0 Å². The average molecular weight is 465 g/mol. The molecule has 9 heteroatoms. The smallest absolute Gasteiger partial charge is 0.339 e. The van der Waals surface area contributed by atoms with Gasteiger partial charge in [0.05, 0.1) is 23.6 Å². The molecule has 1 fully saturated rings. The number of hydrogen-bond donors (Lipinski definition) is 1. The highest BCUT2D eigenvalue weighted by molar-refractivity contribution is 7.89. The van der Waals surface area contributed by atoms with Gasteiger partial charge in [-0.1, -0.05) is 32.0 Å². The molecule has 2 aromatic rings. The molecule has 1 aliphatic heterocycles. The minimum absolute atomic E-state index is 0.0144. The van der Waals surface area contributed by atoms with Crippen molar-refractivity contribution in [2.24, 2.45) is 11.8 Å². The van der Waals surface area contributed by atoms with Gasteiger partial charge in [0.25, 0.3) is 0 Å². The molecule has 0 saturated carbocycles. The topological polar surface area (TPSA) is 92.8 Å². The second-order valence-electron chi connectivity index (χ2n) is 7.91. The van der Waals surface area contributed by atoms with E-state index in [4.69, 9.17) is 4.74 Å². The third-order valence-electron chi connectivity index (χ3n) is 5.55. The molecule has 31 heavy (non-hydrogen) atoms. The van der Waals surface area contributed by atoms with E-state index in [2.05, 4.69) is 19.2 Å². The van der Waals surface area contributed by atoms with Crippen molar-refractivity contribution < 1.29 is 22.7 Å². The normalized spacial score (nSPS) is 16.8. The number of hydrogen-bond acceptors (Lipinski definition) is 6. The maximum atomic E-state index is 13.1. The van der Waals surface area contributed by atoms with Crippen LogP contribution in [0, 0.1) is 11.8 Å². The monoisotopic (exact) mass is 464 g/mol. The average Bonchev–Trinajstić information content (AvgIpc) is 3.31. The number of amides is 1. The van der Waals surface area contributed by atoms with Crippen molar-refractivity contribution in [1.82, 2.24) is 9.62 Å². The van der Waals surface area contributed by atoms with Gasteiger partial charge in [0, 0.05) is 23.9 Å². The van der Waals surface area contributed by atoms with Crippen molar-refractivity contribution in [3.05, 3.63) is 52.2 Å². The van der Waals surface area contributed by atoms with Crippen molar-refractivity contribution in [1.29, 1.82) is 0 Å². The summed E-state index contributed by atoms with van der Waals surface area (Å²) in [5, 5.41) is 5.14. The van der Waals surface area contributed by atoms with Gasteiger partial charge in [0.2, 0.25) is 15.9 Å². The summed E-state index contributed by atoms with van der Waals surface area (Å²) in [5.74, 6) is -0.734. The van der Waals surface area contributed by atoms with Crippen LogP contribution in [0.1, 0.15) is 48.0 Å². The molecule has 168 valence electrons. The van der Waals surface area contributed by atoms with Gasteiger partial charge < -0.3 is 10.1 Å². The second kappa shape index (κ2) is 9.93. The van der Waals surface area contributed by atoms with E-state index in [9.17, 15) is 18.0 Å². The van der Waals surface area contributed by atoms with Crippen LogP contribution in [0.15, 0.2) is 46.7 Å². The van der Waals surface area contributed by atoms with Gasteiger partial charge in [0.1, 0.15) is 0 Å². The number of benzene rings is 1. The van der Waals surface area contributed by atoms with Crippen LogP contribution in [0.4, 0.5) is 0 Å². The number of rotatable bonds is 7. The molecule has 0 unspecified atom stereocenters. The molecule has 1 amide bonds. The summed E-state index contributed by atoms with van der Waals surface area (Å²) in [6.07, 6.45) is 0.863. The standard InChI is InChI=1S/C22H28N2O5S2/c1-15(2)20(18-8-6-14-30-18)23-21(25)16-10-12-24(13-11-16)31(27,28)19-9-5-4-7-17(19)22(26)29-3/h4-9,14-16,20H,10-13H2,1-3H3,(H,23,25)/t20-/m0/s1. The molecule has 2 heterocycles. The Labute approximate surface area is 187 Å². The highest BCUT2D eigenvalue weighted by Crippen LogP contribution is 2.29. The van der Waals surface area contributed by atoms with Crippen molar-refractivity contribution in [3.8, 4) is 0 Å². The van der Waals surface area contributed by atoms with E-state index in [-0.39, 0.29) is 47.3 Å². The van der Waals surface area contributed by atoms with E-state index in [1.165, 1.54) is 23.5 Å². The molecule has 1 aliphatic rings. The van der Waals surface area contributed by atoms with Crippen LogP contribution < -0.4 is 5.32 Å². The summed E-state index contributed by atoms with van der Waals surface area (Å²) >= 11 is 1.61. The Bertz CT molecular complexity index is 1010. The fourth-order valence-electron chi connectivity index (χ4n) is 3.77. The molecule has 0 aliphatic carbocycles. The number of carbonyl (C=O) groups is 2. The summed E-state index contributed by atoms with van der Waals surface area (Å²) in [6.45, 7) is 4.58. The van der Waals surface area contributed by atoms with Crippen molar-refractivity contribution in [2.75, 3.05) is 20.2 Å². The number of carbonyl (C=O) groups excluding carboxylic acids is 2. The van der Waals surface area contributed by atoms with E-state index < -0.39 is 16.0 Å². The lowest BCUT2D eigenvalue weighted by Gasteiger charge is -2.32. The first-order valence-corrected chi connectivity index (χ1v) is 12.6. The minimum Gasteiger partial charge on any atom is -0.465 e. The first kappa shape index (κ1) is 23.4. The third kappa shape index (κ3) is 5.16. The Morgan fingerprint density at radius 2 is 1.81 bits per heavy atom. The lowest BCUT2D eigenvalue weighted by molar-refractivity contribution is -0.127. The van der Waals surface area contributed by atoms with Gasteiger partial charge in [-0.15, -0.1) is 11.3 Å². The van der Waals surface area contributed by atoms with E-state index >= 15 is 0 Å². The van der Waals surface area contributed by atoms with Crippen LogP contribution >= 0.6 is 11.3 Å². The van der Waals surface area contributed by atoms with Crippen LogP contribution in [0.3, 0.4) is 0 Å². The van der Waals surface area contributed by atoms with Gasteiger partial charge >= 0.3 is 5.97 Å². The Hall–Kier alpha value is -2.23. The molecule has 1 aromatic carbocycles. The zero-order chi connectivity index (χ0) is 22.6. The quantitative estimate of drug-likeness (QED) is 0.634. The maximum absolute atomic E-state index is 13.1. The van der Waals surface area contributed by atoms with E-state index in [0.29, 0.717) is 12.8 Å². The van der Waals surface area contributed by atoms with Gasteiger partial charge in [0.15, 0.2) is 0 Å². The Kier molecular flexibility index (Phi) is 7.51. The summed E-state index contributed by atoms with van der Waals surface area (Å²) < 4.78 is 32.4. The molecular formula is C22H28N2O5S2. The summed E-state index contributed by atoms with van der Waals surface area (Å²) in [7, 11) is -2.65. The Balaban J connectivity index is 1.68. The highest BCUT2D eigenvalue weighted by Gasteiger charge is 2.35. The predicted molar refractivity (Wildman–Crippen MR) is 119 cm³/mol. The second-order valence-corrected chi connectivity index (χ2v) is 10.8. The van der Waals surface area contributed by atoms with E-state index in [0.717, 1.165) is 4.88 Å². The number of ether oxygens (including phenoxy) is 1. The number of esters is 1. The molecule has 7 nitrogen and oxygen atoms in total. The fourth-order valence-corrected chi connectivity index (χ4v) is 6.37. The molecule has 3 rings (SSSR count). The minimum atomic E-state index is -3.87. The van der Waals surface area contributed by atoms with Crippen molar-refractivity contribution in [2.45, 2.75) is 37.6 Å². The van der Waals surface area contributed by atoms with Gasteiger partial charge in [-0.05, 0) is 42.3 Å². The molecule has 0 bridgehead atoms. The number of nitrogens with one attached hydrogen (secondary N) is 1. The SMILES string of the molecule is COC(=O)c1ccccc1S(=O)(=O)N1CCC(C(=O)N[C@H](c2cccs2)C(C)C)CC1. The molecule has 1 aromatic heterocycles. The van der Waals surface area contributed by atoms with Gasteiger partial charge in [-0.25, -0.2) is 13.2 Å². The summed E-state index contributed by atoms with van der Waals surface area (Å²) in [5.41, 5.74) is 0.0144. The number of piperidine rings is 1. The third-order valence-corrected chi connectivity index (χ3v) is 8.46. The van der Waals surface area contributed by atoms with E-state index in [1.807, 2.05) is 17.5 Å². The lowest BCUT2D eigenvalue weighted by atomic mass is 9.95. The molecule has 1 saturated heterocycles. The molecule has 0 spiro atoms. The van der Waals surface area contributed by atoms with Gasteiger partial charge in [-0.2, -0.15) is 4.31 Å². The Morgan fingerprint density at radius 3 is 2.39 bits per heavy atom. The van der Waals surface area contributed by atoms with Crippen molar-refractivity contribution in [3.63, 3.8) is 0 Å². The molecule has 1 N–H and O–H groups in total. The number of methoxy groups -OCH3 is 1. The first-order valence-electron chi connectivity index (χ1n) is 10.3. The maximum Gasteiger partial charge on any atom is 0.339 e. The van der Waals surface area contributed by atoms with Crippen LogP contribution in [-0.2, 0) is 19.6 Å². The van der Waals surface area contributed by atoms with Crippen LogP contribution in [0.5, 0.6) is 0 Å². The largest absolute Gasteiger partial charge is 0.465 e. The van der Waals surface area contributed by atoms with Gasteiger partial charge in [-0.3, -0.25) is 4.79 Å². The number of nitrogens with zero attached hydrogens (tertiary/aromatic N) is 1. The van der Waals surface area contributed by atoms with Crippen molar-refractivity contribution >= 4 is 33.2 Å². The first-order chi connectivity index (χ1) is 14.8. The molecule has 1 atom stereocenters. The number of thiophene rings is 1. The fraction of sp³-hybridized carbons (Fsp3) is 0.455. The summed E-state index contributed by atoms with van der Waals surface area (Å²) in [6, 6.07) is 9.96. The predicted octanol–water partition coefficient (Wildman–Crippen LogP) is 3.45. The highest BCUT2D eigenvalue weighted by atomic mass is 32.2. The van der Waals surface area contributed by atoms with E-state index in [1.54, 1.807) is 23.5 Å². The van der Waals surface area contributed by atoms with Crippen LogP contribution in [0.25, 0.3) is 0 Å². The zero-order valence-corrected chi connectivity index (χ0v) is 19.5. The summed E-state index contributed by atoms with van der Waals surface area (Å²) in [4.78, 5) is 25.9. The zero-order valence-electron chi connectivity index (χ0n) is 17.9. The molecule has 0 radical (unpaired) electrons. The Morgan fingerprint density at radius 1 is 1.13 bits per heavy atom. The lowest BCUT2D eigenvalue weighted by Crippen LogP contribution is -2.44. The van der Waals surface area contributed by atoms with Crippen LogP contribution in [-0.4, -0.2) is 44.8 Å².